The van der Waals surface area contributed by atoms with Gasteiger partial charge in [0.2, 0.25) is 0 Å². The predicted molar refractivity (Wildman–Crippen MR) is 159 cm³/mol. The topological polar surface area (TPSA) is 157 Å². The molecule has 12 heteroatoms. The lowest BCUT2D eigenvalue weighted by Gasteiger charge is -2.14. The number of pyridine rings is 3. The molecule has 1 unspecified atom stereocenters. The van der Waals surface area contributed by atoms with Crippen LogP contribution in [0, 0.1) is 0 Å². The minimum Gasteiger partial charge on any atom is -0.350 e. The van der Waals surface area contributed by atoms with Gasteiger partial charge < -0.3 is 15.0 Å². The summed E-state index contributed by atoms with van der Waals surface area (Å²) in [4.78, 5) is 38.7. The van der Waals surface area contributed by atoms with Crippen molar-refractivity contribution in [3.8, 4) is 11.1 Å². The zero-order valence-corrected chi connectivity index (χ0v) is 23.4. The highest BCUT2D eigenvalue weighted by Gasteiger charge is 2.22. The van der Waals surface area contributed by atoms with E-state index in [0.717, 1.165) is 52.7 Å². The molecular formula is C30H28N8O3S. The number of nitrogens with zero attached hydrogens (tertiary/aromatic N) is 5. The van der Waals surface area contributed by atoms with Gasteiger partial charge in [-0.15, -0.1) is 4.36 Å². The van der Waals surface area contributed by atoms with Gasteiger partial charge in [-0.05, 0) is 78.8 Å². The van der Waals surface area contributed by atoms with Gasteiger partial charge in [0.15, 0.2) is 5.69 Å². The Morgan fingerprint density at radius 2 is 1.83 bits per heavy atom. The molecule has 212 valence electrons. The molecule has 0 fully saturated rings. The number of hydrogen-bond donors (Lipinski definition) is 3. The molecule has 0 saturated carbocycles. The largest absolute Gasteiger partial charge is 0.354 e. The van der Waals surface area contributed by atoms with E-state index in [2.05, 4.69) is 29.9 Å². The monoisotopic (exact) mass is 580 g/mol. The molecule has 4 heterocycles. The van der Waals surface area contributed by atoms with Gasteiger partial charge >= 0.3 is 6.03 Å². The first-order valence-electron chi connectivity index (χ1n) is 13.4. The van der Waals surface area contributed by atoms with Crippen LogP contribution in [0.4, 0.5) is 10.5 Å². The number of urea groups is 1. The van der Waals surface area contributed by atoms with Crippen LogP contribution in [-0.4, -0.2) is 42.0 Å². The van der Waals surface area contributed by atoms with E-state index in [1.165, 1.54) is 0 Å². The molecule has 4 aromatic heterocycles. The molecule has 0 saturated heterocycles. The number of anilines is 1. The highest BCUT2D eigenvalue weighted by molar-refractivity contribution is 7.91. The van der Waals surface area contributed by atoms with Crippen molar-refractivity contribution in [1.29, 1.82) is 0 Å². The SMILES string of the molecule is NS(=O)(=NC(=O)Nc1c(-c2ccncc2)cnc2c1CCC2)c1ccc(CCNC(=O)c2ncn3ccccc23)cc1. The Hall–Kier alpha value is -4.94. The summed E-state index contributed by atoms with van der Waals surface area (Å²) in [5, 5.41) is 11.8. The molecule has 0 spiro atoms. The number of amides is 3. The number of nitrogens with two attached hydrogens (primary N) is 1. The minimum atomic E-state index is -3.52. The number of aromatic nitrogens is 4. The summed E-state index contributed by atoms with van der Waals surface area (Å²) in [5.41, 5.74) is 6.06. The van der Waals surface area contributed by atoms with E-state index in [9.17, 15) is 13.8 Å². The van der Waals surface area contributed by atoms with E-state index in [-0.39, 0.29) is 10.8 Å². The summed E-state index contributed by atoms with van der Waals surface area (Å²) < 4.78 is 18.9. The summed E-state index contributed by atoms with van der Waals surface area (Å²) in [5.74, 6) is -0.262. The lowest BCUT2D eigenvalue weighted by Crippen LogP contribution is -2.26. The van der Waals surface area contributed by atoms with Gasteiger partial charge in [0.25, 0.3) is 5.91 Å². The van der Waals surface area contributed by atoms with Crippen molar-refractivity contribution in [2.24, 2.45) is 9.50 Å². The summed E-state index contributed by atoms with van der Waals surface area (Å²) in [7, 11) is -3.52. The third-order valence-electron chi connectivity index (χ3n) is 7.17. The van der Waals surface area contributed by atoms with E-state index in [0.29, 0.717) is 24.3 Å². The Morgan fingerprint density at radius 3 is 2.64 bits per heavy atom. The molecule has 1 atom stereocenters. The van der Waals surface area contributed by atoms with Gasteiger partial charge in [0.05, 0.1) is 16.1 Å². The molecule has 0 aliphatic heterocycles. The van der Waals surface area contributed by atoms with Crippen LogP contribution in [-0.2, 0) is 29.2 Å². The van der Waals surface area contributed by atoms with E-state index < -0.39 is 15.9 Å². The number of rotatable bonds is 7. The van der Waals surface area contributed by atoms with E-state index in [1.807, 2.05) is 36.5 Å². The molecule has 3 amide bonds. The standard InChI is InChI=1S/C30H28N8O3S/c31-42(41,37-30(40)36-27-23-4-3-5-25(23)34-18-24(27)21-12-14-32-15-13-21)22-9-7-20(8-10-22)11-16-33-29(39)28-26-6-1-2-17-38(26)19-35-28/h1-2,6-10,12-15,17-19H,3-5,11,16H2,(H,33,39)(H3,31,34,36,37,40,41). The fourth-order valence-electron chi connectivity index (χ4n) is 5.08. The van der Waals surface area contributed by atoms with E-state index in [4.69, 9.17) is 5.14 Å². The average molecular weight is 581 g/mol. The fraction of sp³-hybridized carbons (Fsp3) is 0.167. The Bertz CT molecular complexity index is 1910. The Kier molecular flexibility index (Phi) is 7.46. The van der Waals surface area contributed by atoms with Gasteiger partial charge in [-0.1, -0.05) is 18.2 Å². The molecule has 1 aliphatic carbocycles. The third kappa shape index (κ3) is 5.62. The number of nitrogens with one attached hydrogen (secondary N) is 2. The second kappa shape index (κ2) is 11.5. The first kappa shape index (κ1) is 27.2. The van der Waals surface area contributed by atoms with Crippen molar-refractivity contribution in [2.45, 2.75) is 30.6 Å². The number of fused-ring (bicyclic) bond motifs is 2. The number of carbonyl (C=O) groups excluding carboxylic acids is 2. The van der Waals surface area contributed by atoms with E-state index >= 15 is 0 Å². The normalized spacial score (nSPS) is 13.7. The van der Waals surface area contributed by atoms with Gasteiger partial charge in [0.1, 0.15) is 16.2 Å². The molecule has 6 rings (SSSR count). The summed E-state index contributed by atoms with van der Waals surface area (Å²) >= 11 is 0. The smallest absolute Gasteiger partial charge is 0.350 e. The number of hydrogen-bond acceptors (Lipinski definition) is 6. The third-order valence-corrected chi connectivity index (χ3v) is 8.56. The van der Waals surface area contributed by atoms with Crippen LogP contribution in [0.1, 0.15) is 33.7 Å². The first-order chi connectivity index (χ1) is 20.4. The predicted octanol–water partition coefficient (Wildman–Crippen LogP) is 4.19. The van der Waals surface area contributed by atoms with Crippen molar-refractivity contribution in [2.75, 3.05) is 11.9 Å². The Labute approximate surface area is 242 Å². The summed E-state index contributed by atoms with van der Waals surface area (Å²) in [6.45, 7) is 0.380. The molecule has 11 nitrogen and oxygen atoms in total. The first-order valence-corrected chi connectivity index (χ1v) is 15.0. The van der Waals surface area contributed by atoms with Crippen LogP contribution in [0.25, 0.3) is 16.6 Å². The Balaban J connectivity index is 1.13. The second-order valence-electron chi connectivity index (χ2n) is 9.89. The van der Waals surface area contributed by atoms with Crippen LogP contribution in [0.2, 0.25) is 0 Å². The fourth-order valence-corrected chi connectivity index (χ4v) is 6.00. The van der Waals surface area contributed by atoms with Gasteiger partial charge in [-0.25, -0.2) is 19.1 Å². The lowest BCUT2D eigenvalue weighted by atomic mass is 10.0. The molecular weight excluding hydrogens is 552 g/mol. The molecule has 0 bridgehead atoms. The molecule has 1 aromatic carbocycles. The average Bonchev–Trinajstić information content (AvgIpc) is 3.66. The van der Waals surface area contributed by atoms with Crippen molar-refractivity contribution < 1.29 is 13.8 Å². The number of benzene rings is 1. The van der Waals surface area contributed by atoms with Crippen LogP contribution in [0.5, 0.6) is 0 Å². The van der Waals surface area contributed by atoms with Crippen LogP contribution >= 0.6 is 0 Å². The maximum Gasteiger partial charge on any atom is 0.354 e. The van der Waals surface area contributed by atoms with Crippen molar-refractivity contribution in [3.05, 3.63) is 108 Å². The maximum absolute atomic E-state index is 13.3. The maximum atomic E-state index is 13.3. The quantitative estimate of drug-likeness (QED) is 0.262. The van der Waals surface area contributed by atoms with Gasteiger partial charge in [-0.3, -0.25) is 14.8 Å². The molecule has 42 heavy (non-hydrogen) atoms. The van der Waals surface area contributed by atoms with Gasteiger partial charge in [-0.2, -0.15) is 0 Å². The molecule has 0 radical (unpaired) electrons. The molecule has 5 aromatic rings. The van der Waals surface area contributed by atoms with Crippen LogP contribution < -0.4 is 15.8 Å². The van der Waals surface area contributed by atoms with Crippen molar-refractivity contribution in [3.63, 3.8) is 0 Å². The van der Waals surface area contributed by atoms with Crippen molar-refractivity contribution >= 4 is 33.1 Å². The van der Waals surface area contributed by atoms with Crippen LogP contribution in [0.15, 0.2) is 95.0 Å². The lowest BCUT2D eigenvalue weighted by molar-refractivity contribution is 0.0951. The number of aryl methyl sites for hydroxylation is 1. The van der Waals surface area contributed by atoms with Crippen LogP contribution in [0.3, 0.4) is 0 Å². The van der Waals surface area contributed by atoms with Gasteiger partial charge in [0, 0.05) is 42.6 Å². The molecule has 1 aliphatic rings. The number of imidazole rings is 1. The summed E-state index contributed by atoms with van der Waals surface area (Å²) in [6, 6.07) is 15.1. The minimum absolute atomic E-state index is 0.226. The van der Waals surface area contributed by atoms with Crippen molar-refractivity contribution in [1.82, 2.24) is 24.7 Å². The summed E-state index contributed by atoms with van der Waals surface area (Å²) in [6.07, 6.45) is 11.6. The zero-order chi connectivity index (χ0) is 29.1. The zero-order valence-electron chi connectivity index (χ0n) is 22.6. The van der Waals surface area contributed by atoms with E-state index in [1.54, 1.807) is 53.6 Å². The Morgan fingerprint density at radius 1 is 1.02 bits per heavy atom. The highest BCUT2D eigenvalue weighted by atomic mass is 32.2. The second-order valence-corrected chi connectivity index (χ2v) is 11.7. The highest BCUT2D eigenvalue weighted by Crippen LogP contribution is 2.36. The number of carbonyl (C=O) groups is 2. The molecule has 4 N–H and O–H groups in total.